The molecular formula is C13H11FN2OS. The summed E-state index contributed by atoms with van der Waals surface area (Å²) < 4.78 is 13.0. The van der Waals surface area contributed by atoms with Crippen LogP contribution in [-0.4, -0.2) is 22.3 Å². The van der Waals surface area contributed by atoms with E-state index in [1.807, 2.05) is 11.4 Å². The number of aromatic nitrogens is 1. The lowest BCUT2D eigenvalue weighted by Gasteiger charge is -2.26. The number of thiophene rings is 1. The average Bonchev–Trinajstić information content (AvgIpc) is 2.85. The Hall–Kier alpha value is -1.75. The van der Waals surface area contributed by atoms with E-state index in [0.717, 1.165) is 6.42 Å². The average molecular weight is 262 g/mol. The summed E-state index contributed by atoms with van der Waals surface area (Å²) in [5, 5.41) is 2.04. The molecule has 0 radical (unpaired) electrons. The van der Waals surface area contributed by atoms with Gasteiger partial charge >= 0.3 is 0 Å². The predicted molar refractivity (Wildman–Crippen MR) is 67.0 cm³/mol. The number of halogens is 1. The molecule has 3 nitrogen and oxygen atoms in total. The Morgan fingerprint density at radius 1 is 1.39 bits per heavy atom. The van der Waals surface area contributed by atoms with Crippen molar-refractivity contribution in [3.8, 4) is 0 Å². The highest BCUT2D eigenvalue weighted by Crippen LogP contribution is 2.24. The Bertz CT molecular complexity index is 596. The highest BCUT2D eigenvalue weighted by atomic mass is 32.1. The zero-order valence-corrected chi connectivity index (χ0v) is 10.4. The van der Waals surface area contributed by atoms with E-state index in [0.29, 0.717) is 13.1 Å². The number of rotatable bonds is 1. The van der Waals surface area contributed by atoms with Crippen LogP contribution >= 0.6 is 11.3 Å². The van der Waals surface area contributed by atoms with E-state index >= 15 is 0 Å². The fraction of sp³-hybridized carbons (Fsp3) is 0.231. The molecule has 5 heteroatoms. The molecule has 2 aromatic rings. The third-order valence-corrected chi connectivity index (χ3v) is 4.05. The van der Waals surface area contributed by atoms with Crippen LogP contribution in [-0.2, 0) is 13.0 Å². The fourth-order valence-corrected chi connectivity index (χ4v) is 3.00. The van der Waals surface area contributed by atoms with Crippen molar-refractivity contribution >= 4 is 17.2 Å². The molecule has 1 aliphatic heterocycles. The molecule has 0 N–H and O–H groups in total. The van der Waals surface area contributed by atoms with Crippen molar-refractivity contribution in [2.75, 3.05) is 6.54 Å². The summed E-state index contributed by atoms with van der Waals surface area (Å²) in [7, 11) is 0. The maximum Gasteiger partial charge on any atom is 0.272 e. The maximum absolute atomic E-state index is 13.0. The molecule has 0 atom stereocenters. The first-order valence-corrected chi connectivity index (χ1v) is 6.59. The Balaban J connectivity index is 1.83. The molecule has 0 saturated carbocycles. The molecule has 1 aliphatic rings. The molecule has 0 bridgehead atoms. The van der Waals surface area contributed by atoms with E-state index in [-0.39, 0.29) is 11.6 Å². The molecule has 1 amide bonds. The van der Waals surface area contributed by atoms with Crippen LogP contribution in [0.5, 0.6) is 0 Å². The highest BCUT2D eigenvalue weighted by molar-refractivity contribution is 7.10. The zero-order chi connectivity index (χ0) is 12.5. The fourth-order valence-electron chi connectivity index (χ4n) is 2.11. The van der Waals surface area contributed by atoms with Gasteiger partial charge in [-0.1, -0.05) is 6.07 Å². The molecule has 0 saturated heterocycles. The van der Waals surface area contributed by atoms with Gasteiger partial charge in [0.25, 0.3) is 5.91 Å². The number of nitrogens with zero attached hydrogens (tertiary/aromatic N) is 2. The molecule has 0 aromatic carbocycles. The minimum atomic E-state index is -0.617. The van der Waals surface area contributed by atoms with Crippen molar-refractivity contribution in [2.45, 2.75) is 13.0 Å². The van der Waals surface area contributed by atoms with Gasteiger partial charge in [0.1, 0.15) is 5.69 Å². The molecule has 0 spiro atoms. The molecule has 92 valence electrons. The summed E-state index contributed by atoms with van der Waals surface area (Å²) in [5.41, 5.74) is 1.37. The number of carbonyl (C=O) groups is 1. The molecule has 0 unspecified atom stereocenters. The lowest BCUT2D eigenvalue weighted by atomic mass is 10.1. The van der Waals surface area contributed by atoms with Crippen LogP contribution in [0.2, 0.25) is 0 Å². The number of hydrogen-bond donors (Lipinski definition) is 0. The summed E-state index contributed by atoms with van der Waals surface area (Å²) in [6.45, 7) is 1.26. The summed E-state index contributed by atoms with van der Waals surface area (Å²) >= 11 is 1.72. The first kappa shape index (κ1) is 11.3. The van der Waals surface area contributed by atoms with Crippen LogP contribution < -0.4 is 0 Å². The topological polar surface area (TPSA) is 33.2 Å². The zero-order valence-electron chi connectivity index (χ0n) is 9.60. The molecule has 2 aromatic heterocycles. The second-order valence-electron chi connectivity index (χ2n) is 4.19. The van der Waals surface area contributed by atoms with E-state index in [4.69, 9.17) is 0 Å². The molecular weight excluding hydrogens is 251 g/mol. The van der Waals surface area contributed by atoms with Gasteiger partial charge in [-0.3, -0.25) is 4.79 Å². The van der Waals surface area contributed by atoms with Crippen LogP contribution in [0.4, 0.5) is 4.39 Å². The monoisotopic (exact) mass is 262 g/mol. The first-order valence-electron chi connectivity index (χ1n) is 5.71. The number of carbonyl (C=O) groups excluding carboxylic acids is 1. The van der Waals surface area contributed by atoms with Crippen LogP contribution in [0.25, 0.3) is 0 Å². The Morgan fingerprint density at radius 2 is 2.28 bits per heavy atom. The quantitative estimate of drug-likeness (QED) is 0.740. The third kappa shape index (κ3) is 2.01. The van der Waals surface area contributed by atoms with E-state index < -0.39 is 5.95 Å². The van der Waals surface area contributed by atoms with Gasteiger partial charge in [0, 0.05) is 18.0 Å². The molecule has 0 aliphatic carbocycles. The van der Waals surface area contributed by atoms with E-state index in [1.54, 1.807) is 22.3 Å². The molecule has 18 heavy (non-hydrogen) atoms. The van der Waals surface area contributed by atoms with Gasteiger partial charge in [0.05, 0.1) is 0 Å². The van der Waals surface area contributed by atoms with Crippen LogP contribution in [0.15, 0.2) is 29.6 Å². The van der Waals surface area contributed by atoms with Gasteiger partial charge in [-0.2, -0.15) is 4.39 Å². The second kappa shape index (κ2) is 4.49. The smallest absolute Gasteiger partial charge is 0.272 e. The Labute approximate surface area is 108 Å². The Kier molecular flexibility index (Phi) is 2.83. The third-order valence-electron chi connectivity index (χ3n) is 3.03. The molecule has 0 fully saturated rings. The van der Waals surface area contributed by atoms with Gasteiger partial charge in [0.2, 0.25) is 5.95 Å². The van der Waals surface area contributed by atoms with Gasteiger partial charge < -0.3 is 4.90 Å². The maximum atomic E-state index is 13.0. The summed E-state index contributed by atoms with van der Waals surface area (Å²) in [5.74, 6) is -0.819. The van der Waals surface area contributed by atoms with Crippen molar-refractivity contribution in [3.63, 3.8) is 0 Å². The lowest BCUT2D eigenvalue weighted by Crippen LogP contribution is -2.35. The molecule has 3 rings (SSSR count). The van der Waals surface area contributed by atoms with E-state index in [1.165, 1.54) is 22.6 Å². The summed E-state index contributed by atoms with van der Waals surface area (Å²) in [6, 6.07) is 6.34. The highest BCUT2D eigenvalue weighted by Gasteiger charge is 2.23. The number of fused-ring (bicyclic) bond motifs is 1. The number of hydrogen-bond acceptors (Lipinski definition) is 3. The lowest BCUT2D eigenvalue weighted by molar-refractivity contribution is 0.0728. The van der Waals surface area contributed by atoms with Crippen LogP contribution in [0, 0.1) is 5.95 Å². The van der Waals surface area contributed by atoms with Crippen molar-refractivity contribution in [2.24, 2.45) is 0 Å². The van der Waals surface area contributed by atoms with Crippen molar-refractivity contribution in [1.82, 2.24) is 9.88 Å². The summed E-state index contributed by atoms with van der Waals surface area (Å²) in [4.78, 5) is 18.9. The number of amides is 1. The second-order valence-corrected chi connectivity index (χ2v) is 5.19. The van der Waals surface area contributed by atoms with Crippen molar-refractivity contribution in [1.29, 1.82) is 0 Å². The van der Waals surface area contributed by atoms with Gasteiger partial charge in [-0.05, 0) is 35.6 Å². The molecule has 3 heterocycles. The first-order chi connectivity index (χ1) is 8.74. The SMILES string of the molecule is O=C(c1cccc(F)n1)N1CCc2sccc2C1. The number of pyridine rings is 1. The standard InChI is InChI=1S/C13H11FN2OS/c14-12-3-1-2-10(15-12)13(17)16-6-4-11-9(8-16)5-7-18-11/h1-3,5,7H,4,6,8H2. The minimum Gasteiger partial charge on any atom is -0.333 e. The van der Waals surface area contributed by atoms with E-state index in [2.05, 4.69) is 4.98 Å². The van der Waals surface area contributed by atoms with Gasteiger partial charge in [-0.25, -0.2) is 4.98 Å². The van der Waals surface area contributed by atoms with Crippen molar-refractivity contribution in [3.05, 3.63) is 51.7 Å². The van der Waals surface area contributed by atoms with E-state index in [9.17, 15) is 9.18 Å². The predicted octanol–water partition coefficient (Wildman–Crippen LogP) is 2.48. The minimum absolute atomic E-state index is 0.175. The van der Waals surface area contributed by atoms with Crippen molar-refractivity contribution < 1.29 is 9.18 Å². The van der Waals surface area contributed by atoms with Crippen LogP contribution in [0.3, 0.4) is 0 Å². The Morgan fingerprint density at radius 3 is 3.11 bits per heavy atom. The van der Waals surface area contributed by atoms with Gasteiger partial charge in [-0.15, -0.1) is 11.3 Å². The van der Waals surface area contributed by atoms with Crippen LogP contribution in [0.1, 0.15) is 20.9 Å². The largest absolute Gasteiger partial charge is 0.333 e. The summed E-state index contributed by atoms with van der Waals surface area (Å²) in [6.07, 6.45) is 0.869. The normalized spacial score (nSPS) is 14.4. The van der Waals surface area contributed by atoms with Gasteiger partial charge in [0.15, 0.2) is 0 Å².